The van der Waals surface area contributed by atoms with Gasteiger partial charge >= 0.3 is 0 Å². The maximum Gasteiger partial charge on any atom is 0.256 e. The number of para-hydroxylation sites is 1. The molecule has 1 N–H and O–H groups in total. The number of piperidine rings is 1. The number of hydrogen-bond donors (Lipinski definition) is 1. The van der Waals surface area contributed by atoms with Crippen LogP contribution in [0.1, 0.15) is 50.9 Å². The van der Waals surface area contributed by atoms with E-state index in [1.807, 2.05) is 49.4 Å². The lowest BCUT2D eigenvalue weighted by Crippen LogP contribution is -2.39. The Kier molecular flexibility index (Phi) is 7.52. The van der Waals surface area contributed by atoms with Crippen molar-refractivity contribution in [2.24, 2.45) is 0 Å². The minimum Gasteiger partial charge on any atom is -0.492 e. The van der Waals surface area contributed by atoms with Crippen molar-refractivity contribution < 1.29 is 18.7 Å². The highest BCUT2D eigenvalue weighted by Crippen LogP contribution is 2.30. The van der Waals surface area contributed by atoms with Crippen molar-refractivity contribution in [2.45, 2.75) is 25.7 Å². The summed E-state index contributed by atoms with van der Waals surface area (Å²) < 4.78 is 19.7. The van der Waals surface area contributed by atoms with E-state index < -0.39 is 5.82 Å². The summed E-state index contributed by atoms with van der Waals surface area (Å²) in [4.78, 5) is 32.0. The van der Waals surface area contributed by atoms with Gasteiger partial charge in [0.1, 0.15) is 18.2 Å². The van der Waals surface area contributed by atoms with Crippen LogP contribution in [-0.2, 0) is 0 Å². The molecule has 2 aromatic carbocycles. The SMILES string of the molecule is Cc1ccc(C(=O)NCCOc2ccccc2)c(C2CCN(C(=O)c3ccccc3F)CC2)n1. The molecule has 176 valence electrons. The number of pyridine rings is 1. The van der Waals surface area contributed by atoms with Gasteiger partial charge in [0.15, 0.2) is 0 Å². The first-order chi connectivity index (χ1) is 16.5. The number of rotatable bonds is 7. The third kappa shape index (κ3) is 5.60. The summed E-state index contributed by atoms with van der Waals surface area (Å²) in [6, 6.07) is 19.1. The number of carbonyl (C=O) groups is 2. The minimum atomic E-state index is -0.509. The molecule has 1 aliphatic heterocycles. The van der Waals surface area contributed by atoms with Crippen LogP contribution in [0.5, 0.6) is 5.75 Å². The fraction of sp³-hybridized carbons (Fsp3) is 0.296. The van der Waals surface area contributed by atoms with Crippen molar-refractivity contribution in [3.05, 3.63) is 95.1 Å². The second-order valence-electron chi connectivity index (χ2n) is 8.35. The van der Waals surface area contributed by atoms with Crippen LogP contribution in [0, 0.1) is 12.7 Å². The van der Waals surface area contributed by atoms with E-state index in [9.17, 15) is 14.0 Å². The van der Waals surface area contributed by atoms with Crippen molar-refractivity contribution in [2.75, 3.05) is 26.2 Å². The van der Waals surface area contributed by atoms with E-state index in [1.165, 1.54) is 12.1 Å². The number of halogens is 1. The Morgan fingerprint density at radius 2 is 1.71 bits per heavy atom. The molecule has 4 rings (SSSR count). The van der Waals surface area contributed by atoms with Gasteiger partial charge in [0, 0.05) is 24.7 Å². The minimum absolute atomic E-state index is 0.0471. The van der Waals surface area contributed by atoms with E-state index in [1.54, 1.807) is 17.0 Å². The van der Waals surface area contributed by atoms with E-state index in [2.05, 4.69) is 10.3 Å². The first-order valence-electron chi connectivity index (χ1n) is 11.5. The molecule has 0 spiro atoms. The maximum absolute atomic E-state index is 14.0. The van der Waals surface area contributed by atoms with Gasteiger partial charge in [-0.3, -0.25) is 14.6 Å². The molecule has 7 heteroatoms. The summed E-state index contributed by atoms with van der Waals surface area (Å²) in [7, 11) is 0. The molecule has 3 aromatic rings. The fourth-order valence-corrected chi connectivity index (χ4v) is 4.19. The van der Waals surface area contributed by atoms with Gasteiger partial charge in [-0.1, -0.05) is 30.3 Å². The van der Waals surface area contributed by atoms with Crippen molar-refractivity contribution in [3.63, 3.8) is 0 Å². The number of amides is 2. The molecular weight excluding hydrogens is 433 g/mol. The zero-order valence-electron chi connectivity index (χ0n) is 19.2. The van der Waals surface area contributed by atoms with Crippen LogP contribution in [0.2, 0.25) is 0 Å². The topological polar surface area (TPSA) is 71.5 Å². The summed E-state index contributed by atoms with van der Waals surface area (Å²) in [6.45, 7) is 3.60. The Labute approximate surface area is 198 Å². The van der Waals surface area contributed by atoms with E-state index in [0.717, 1.165) is 17.1 Å². The molecule has 34 heavy (non-hydrogen) atoms. The van der Waals surface area contributed by atoms with Gasteiger partial charge in [0.2, 0.25) is 0 Å². The zero-order valence-corrected chi connectivity index (χ0v) is 19.2. The molecule has 1 aliphatic rings. The third-order valence-electron chi connectivity index (χ3n) is 5.98. The van der Waals surface area contributed by atoms with Crippen LogP contribution in [0.3, 0.4) is 0 Å². The van der Waals surface area contributed by atoms with Gasteiger partial charge in [0.05, 0.1) is 23.4 Å². The van der Waals surface area contributed by atoms with Crippen molar-refractivity contribution >= 4 is 11.8 Å². The lowest BCUT2D eigenvalue weighted by Gasteiger charge is -2.32. The number of carbonyl (C=O) groups excluding carboxylic acids is 2. The molecule has 0 radical (unpaired) electrons. The van der Waals surface area contributed by atoms with Crippen LogP contribution in [0.4, 0.5) is 4.39 Å². The third-order valence-corrected chi connectivity index (χ3v) is 5.98. The van der Waals surface area contributed by atoms with Gasteiger partial charge in [-0.25, -0.2) is 4.39 Å². The number of likely N-dealkylation sites (tertiary alicyclic amines) is 1. The first kappa shape index (κ1) is 23.4. The Hall–Kier alpha value is -3.74. The van der Waals surface area contributed by atoms with Gasteiger partial charge < -0.3 is 15.0 Å². The molecule has 1 aromatic heterocycles. The smallest absolute Gasteiger partial charge is 0.256 e. The Morgan fingerprint density at radius 1 is 1.00 bits per heavy atom. The number of hydrogen-bond acceptors (Lipinski definition) is 4. The predicted octanol–water partition coefficient (Wildman–Crippen LogP) is 4.36. The molecule has 2 heterocycles. The molecule has 1 saturated heterocycles. The van der Waals surface area contributed by atoms with Gasteiger partial charge in [0.25, 0.3) is 11.8 Å². The highest BCUT2D eigenvalue weighted by Gasteiger charge is 2.29. The molecule has 0 saturated carbocycles. The largest absolute Gasteiger partial charge is 0.492 e. The molecule has 0 atom stereocenters. The summed E-state index contributed by atoms with van der Waals surface area (Å²) in [6.07, 6.45) is 1.32. The monoisotopic (exact) mass is 461 g/mol. The lowest BCUT2D eigenvalue weighted by molar-refractivity contribution is 0.0705. The molecule has 0 aliphatic carbocycles. The Balaban J connectivity index is 1.37. The normalized spacial score (nSPS) is 14.0. The van der Waals surface area contributed by atoms with E-state index >= 15 is 0 Å². The van der Waals surface area contributed by atoms with Gasteiger partial charge in [-0.15, -0.1) is 0 Å². The number of benzene rings is 2. The van der Waals surface area contributed by atoms with Crippen LogP contribution in [-0.4, -0.2) is 47.9 Å². The van der Waals surface area contributed by atoms with E-state index in [-0.39, 0.29) is 23.3 Å². The molecule has 0 unspecified atom stereocenters. The van der Waals surface area contributed by atoms with Crippen molar-refractivity contribution in [1.29, 1.82) is 0 Å². The van der Waals surface area contributed by atoms with Crippen molar-refractivity contribution in [1.82, 2.24) is 15.2 Å². The number of ether oxygens (including phenoxy) is 1. The number of aromatic nitrogens is 1. The summed E-state index contributed by atoms with van der Waals surface area (Å²) in [5, 5.41) is 2.91. The average molecular weight is 462 g/mol. The lowest BCUT2D eigenvalue weighted by atomic mass is 9.89. The van der Waals surface area contributed by atoms with Crippen molar-refractivity contribution in [3.8, 4) is 5.75 Å². The quantitative estimate of drug-likeness (QED) is 0.531. The highest BCUT2D eigenvalue weighted by atomic mass is 19.1. The highest BCUT2D eigenvalue weighted by molar-refractivity contribution is 5.96. The van der Waals surface area contributed by atoms with Crippen LogP contribution >= 0.6 is 0 Å². The van der Waals surface area contributed by atoms with Gasteiger partial charge in [-0.05, 0) is 56.2 Å². The van der Waals surface area contributed by atoms with Crippen LogP contribution < -0.4 is 10.1 Å². The maximum atomic E-state index is 14.0. The number of nitrogens with zero attached hydrogens (tertiary/aromatic N) is 2. The summed E-state index contributed by atoms with van der Waals surface area (Å²) in [5.74, 6) is -0.198. The molecular formula is C27H28FN3O3. The predicted molar refractivity (Wildman–Crippen MR) is 128 cm³/mol. The van der Waals surface area contributed by atoms with Gasteiger partial charge in [-0.2, -0.15) is 0 Å². The standard InChI is InChI=1S/C27H28FN3O3/c1-19-11-12-23(26(32)29-15-18-34-21-7-3-2-4-8-21)25(30-19)20-13-16-31(17-14-20)27(33)22-9-5-6-10-24(22)28/h2-12,20H,13-18H2,1H3,(H,29,32). The second kappa shape index (κ2) is 10.9. The molecule has 6 nitrogen and oxygen atoms in total. The van der Waals surface area contributed by atoms with E-state index in [0.29, 0.717) is 44.6 Å². The fourth-order valence-electron chi connectivity index (χ4n) is 4.19. The average Bonchev–Trinajstić information content (AvgIpc) is 2.87. The first-order valence-corrected chi connectivity index (χ1v) is 11.5. The summed E-state index contributed by atoms with van der Waals surface area (Å²) in [5.41, 5.74) is 2.22. The molecule has 1 fully saturated rings. The Bertz CT molecular complexity index is 1140. The molecule has 2 amide bonds. The Morgan fingerprint density at radius 3 is 2.44 bits per heavy atom. The van der Waals surface area contributed by atoms with Crippen LogP contribution in [0.15, 0.2) is 66.7 Å². The number of nitrogens with one attached hydrogen (secondary N) is 1. The van der Waals surface area contributed by atoms with E-state index in [4.69, 9.17) is 4.74 Å². The number of aryl methyl sites for hydroxylation is 1. The molecule has 0 bridgehead atoms. The summed E-state index contributed by atoms with van der Waals surface area (Å²) >= 11 is 0. The van der Waals surface area contributed by atoms with Crippen LogP contribution in [0.25, 0.3) is 0 Å². The second-order valence-corrected chi connectivity index (χ2v) is 8.35. The zero-order chi connectivity index (χ0) is 23.9.